The van der Waals surface area contributed by atoms with Crippen LogP contribution in [0.15, 0.2) is 158 Å². The molecular weight excluding hydrogens is 1090 g/mol. The standard InChI is InChI=1S/C78H133N2O6P/c1-6-8-10-12-14-16-18-20-22-24-26-28-30-32-33-34-35-36-37-38-39-40-41-42-43-44-45-46-47-48-50-52-54-56-58-60-62-64-66-68-70-72-78(82)79-76(75-86-87(83,84)85-74-73-80(3,4)5)77(81)71-69-67-65-63-61-59-57-55-53-51-49-31-29-27-25-23-21-19-17-15-13-11-9-7-2/h8,10,14,16,20,22,26,28,32-33,35-36,38-39,41-42,44-45,47-48,53,55,61,63,69,71,76-77,81H,6-7,9,11-13,15,17-19,21,23-25,27,29-31,34,37,40,43,46,49-52,54,56-60,62,64-68,70,72-75H2,1-5H3,(H-,79,82,83,84)/p+1/b10-8-,16-14-,22-20-,28-26-,33-32-,36-35-,39-38-,42-41-,45-44-,48-47-,55-53+,63-61+,71-69+. The van der Waals surface area contributed by atoms with Crippen molar-refractivity contribution >= 4 is 13.7 Å². The summed E-state index contributed by atoms with van der Waals surface area (Å²) in [5.74, 6) is -0.200. The van der Waals surface area contributed by atoms with E-state index < -0.39 is 20.0 Å². The van der Waals surface area contributed by atoms with Gasteiger partial charge < -0.3 is 19.8 Å². The van der Waals surface area contributed by atoms with Gasteiger partial charge in [0.25, 0.3) is 0 Å². The van der Waals surface area contributed by atoms with Gasteiger partial charge in [0, 0.05) is 6.42 Å². The molecule has 496 valence electrons. The third-order valence-electron chi connectivity index (χ3n) is 15.0. The Hall–Kier alpha value is -3.88. The third-order valence-corrected chi connectivity index (χ3v) is 15.9. The average molecular weight is 1230 g/mol. The van der Waals surface area contributed by atoms with Crippen LogP contribution < -0.4 is 5.32 Å². The maximum atomic E-state index is 13.0. The monoisotopic (exact) mass is 1230 g/mol. The summed E-state index contributed by atoms with van der Waals surface area (Å²) in [5, 5.41) is 14.0. The number of phosphoric ester groups is 1. The lowest BCUT2D eigenvalue weighted by atomic mass is 10.0. The van der Waals surface area contributed by atoms with Crippen molar-refractivity contribution in [2.24, 2.45) is 0 Å². The molecule has 0 aromatic rings. The van der Waals surface area contributed by atoms with Gasteiger partial charge in [-0.1, -0.05) is 307 Å². The second-order valence-corrected chi connectivity index (χ2v) is 26.0. The molecule has 0 bridgehead atoms. The van der Waals surface area contributed by atoms with Crippen LogP contribution in [-0.4, -0.2) is 73.4 Å². The number of nitrogens with one attached hydrogen (secondary N) is 1. The Bertz CT molecular complexity index is 1980. The Kier molecular flexibility index (Phi) is 63.6. The van der Waals surface area contributed by atoms with Crippen LogP contribution in [0.5, 0.6) is 0 Å². The zero-order valence-corrected chi connectivity index (χ0v) is 57.6. The summed E-state index contributed by atoms with van der Waals surface area (Å²) in [7, 11) is 1.53. The largest absolute Gasteiger partial charge is 0.472 e. The fraction of sp³-hybridized carbons (Fsp3) is 0.654. The maximum absolute atomic E-state index is 13.0. The number of aliphatic hydroxyl groups is 1. The number of carbonyl (C=O) groups is 1. The number of carbonyl (C=O) groups excluding carboxylic acids is 1. The number of unbranched alkanes of at least 4 members (excludes halogenated alkanes) is 26. The molecule has 0 aliphatic rings. The molecule has 0 saturated heterocycles. The van der Waals surface area contributed by atoms with Crippen LogP contribution in [0, 0.1) is 0 Å². The number of likely N-dealkylation sites (N-methyl/N-ethyl adjacent to an activating group) is 1. The van der Waals surface area contributed by atoms with E-state index in [1.165, 1.54) is 141 Å². The minimum absolute atomic E-state index is 0.0455. The van der Waals surface area contributed by atoms with E-state index in [0.717, 1.165) is 116 Å². The number of nitrogens with zero attached hydrogens (tertiary/aromatic N) is 1. The fourth-order valence-corrected chi connectivity index (χ4v) is 10.3. The number of hydrogen-bond acceptors (Lipinski definition) is 5. The molecule has 0 heterocycles. The van der Waals surface area contributed by atoms with Gasteiger partial charge in [-0.15, -0.1) is 0 Å². The van der Waals surface area contributed by atoms with Crippen LogP contribution >= 0.6 is 7.82 Å². The van der Waals surface area contributed by atoms with E-state index in [0.29, 0.717) is 17.4 Å². The normalized spacial score (nSPS) is 14.6. The van der Waals surface area contributed by atoms with Crippen molar-refractivity contribution in [2.45, 2.75) is 289 Å². The van der Waals surface area contributed by atoms with Crippen molar-refractivity contribution in [3.05, 3.63) is 158 Å². The smallest absolute Gasteiger partial charge is 0.387 e. The highest BCUT2D eigenvalue weighted by Gasteiger charge is 2.28. The first kappa shape index (κ1) is 83.1. The van der Waals surface area contributed by atoms with Gasteiger partial charge in [-0.05, 0) is 122 Å². The number of aliphatic hydroxyl groups excluding tert-OH is 1. The lowest BCUT2D eigenvalue weighted by Gasteiger charge is -2.25. The molecule has 0 fully saturated rings. The Labute approximate surface area is 537 Å². The van der Waals surface area contributed by atoms with Crippen LogP contribution in [0.25, 0.3) is 0 Å². The van der Waals surface area contributed by atoms with Gasteiger partial charge in [-0.2, -0.15) is 0 Å². The summed E-state index contributed by atoms with van der Waals surface area (Å²) in [6.45, 7) is 4.67. The predicted octanol–water partition coefficient (Wildman–Crippen LogP) is 22.9. The summed E-state index contributed by atoms with van der Waals surface area (Å²) < 4.78 is 23.8. The minimum atomic E-state index is -4.38. The SMILES string of the molecule is CC/C=C\C/C=C\C/C=C\C/C=C\C/C=C\C/C=C\C/C=C\C/C=C\C/C=C\C/C=C\CCCCCCCCCCCCC(=O)NC(COP(=O)(O)OCC[N+](C)(C)C)C(O)/C=C/CC/C=C/CC/C=C/CCCCCCCCCCCCCCCC. The van der Waals surface area contributed by atoms with Crippen molar-refractivity contribution in [3.8, 4) is 0 Å². The van der Waals surface area contributed by atoms with Crippen LogP contribution in [0.3, 0.4) is 0 Å². The van der Waals surface area contributed by atoms with Gasteiger partial charge >= 0.3 is 7.82 Å². The van der Waals surface area contributed by atoms with E-state index in [1.807, 2.05) is 27.2 Å². The predicted molar refractivity (Wildman–Crippen MR) is 382 cm³/mol. The molecular formula is C78H134N2O6P+. The fourth-order valence-electron chi connectivity index (χ4n) is 9.51. The topological polar surface area (TPSA) is 105 Å². The van der Waals surface area contributed by atoms with Gasteiger partial charge in [-0.25, -0.2) is 4.57 Å². The number of rotatable bonds is 63. The van der Waals surface area contributed by atoms with Crippen molar-refractivity contribution in [2.75, 3.05) is 40.9 Å². The van der Waals surface area contributed by atoms with Gasteiger partial charge in [0.15, 0.2) is 0 Å². The molecule has 0 spiro atoms. The minimum Gasteiger partial charge on any atom is -0.387 e. The first-order chi connectivity index (χ1) is 42.5. The molecule has 0 aromatic carbocycles. The van der Waals surface area contributed by atoms with E-state index >= 15 is 0 Å². The summed E-state index contributed by atoms with van der Waals surface area (Å²) in [6, 6.07) is -0.885. The first-order valence-corrected chi connectivity index (χ1v) is 36.9. The van der Waals surface area contributed by atoms with Gasteiger partial charge in [0.2, 0.25) is 5.91 Å². The molecule has 0 aromatic heterocycles. The van der Waals surface area contributed by atoms with Crippen LogP contribution in [0.1, 0.15) is 277 Å². The average Bonchev–Trinajstić information content (AvgIpc) is 3.71. The van der Waals surface area contributed by atoms with E-state index in [9.17, 15) is 19.4 Å². The van der Waals surface area contributed by atoms with Crippen molar-refractivity contribution < 1.29 is 32.9 Å². The van der Waals surface area contributed by atoms with Crippen LogP contribution in [-0.2, 0) is 18.4 Å². The lowest BCUT2D eigenvalue weighted by Crippen LogP contribution is -2.45. The molecule has 3 N–H and O–H groups in total. The third kappa shape index (κ3) is 69.5. The van der Waals surface area contributed by atoms with E-state index in [4.69, 9.17) is 9.05 Å². The summed E-state index contributed by atoms with van der Waals surface area (Å²) in [4.78, 5) is 23.4. The Morgan fingerprint density at radius 1 is 0.402 bits per heavy atom. The molecule has 0 aliphatic carbocycles. The van der Waals surface area contributed by atoms with Crippen molar-refractivity contribution in [1.29, 1.82) is 0 Å². The second-order valence-electron chi connectivity index (χ2n) is 24.5. The molecule has 87 heavy (non-hydrogen) atoms. The zero-order valence-electron chi connectivity index (χ0n) is 56.7. The number of allylic oxidation sites excluding steroid dienone is 25. The second kappa shape index (κ2) is 66.5. The quantitative estimate of drug-likeness (QED) is 0.0243. The molecule has 0 saturated carbocycles. The van der Waals surface area contributed by atoms with Gasteiger partial charge in [0.1, 0.15) is 13.2 Å². The molecule has 0 aliphatic heterocycles. The first-order valence-electron chi connectivity index (χ1n) is 35.4. The molecule has 9 heteroatoms. The zero-order chi connectivity index (χ0) is 63.4. The summed E-state index contributed by atoms with van der Waals surface area (Å²) in [6.07, 6.45) is 104. The van der Waals surface area contributed by atoms with E-state index in [-0.39, 0.29) is 19.1 Å². The number of phosphoric acid groups is 1. The molecule has 0 rings (SSSR count). The number of hydrogen-bond donors (Lipinski definition) is 3. The van der Waals surface area contributed by atoms with Gasteiger partial charge in [-0.3, -0.25) is 13.8 Å². The van der Waals surface area contributed by atoms with Crippen LogP contribution in [0.4, 0.5) is 0 Å². The molecule has 3 atom stereocenters. The lowest BCUT2D eigenvalue weighted by molar-refractivity contribution is -0.870. The molecule has 1 amide bonds. The van der Waals surface area contributed by atoms with E-state index in [2.05, 4.69) is 165 Å². The van der Waals surface area contributed by atoms with Gasteiger partial charge in [0.05, 0.1) is 39.9 Å². The summed E-state index contributed by atoms with van der Waals surface area (Å²) >= 11 is 0. The molecule has 3 unspecified atom stereocenters. The number of amides is 1. The van der Waals surface area contributed by atoms with E-state index in [1.54, 1.807) is 6.08 Å². The highest BCUT2D eigenvalue weighted by atomic mass is 31.2. The Balaban J connectivity index is 4.17. The van der Waals surface area contributed by atoms with Crippen LogP contribution in [0.2, 0.25) is 0 Å². The maximum Gasteiger partial charge on any atom is 0.472 e. The summed E-state index contributed by atoms with van der Waals surface area (Å²) in [5.41, 5.74) is 0. The molecule has 8 nitrogen and oxygen atoms in total. The highest BCUT2D eigenvalue weighted by Crippen LogP contribution is 2.43. The highest BCUT2D eigenvalue weighted by molar-refractivity contribution is 7.47. The Morgan fingerprint density at radius 3 is 1.06 bits per heavy atom. The molecule has 0 radical (unpaired) electrons. The number of quaternary nitrogens is 1. The van der Waals surface area contributed by atoms with Crippen molar-refractivity contribution in [3.63, 3.8) is 0 Å². The van der Waals surface area contributed by atoms with Crippen molar-refractivity contribution in [1.82, 2.24) is 5.32 Å². The Morgan fingerprint density at radius 2 is 0.701 bits per heavy atom.